The summed E-state index contributed by atoms with van der Waals surface area (Å²) in [6, 6.07) is 15.4. The van der Waals surface area contributed by atoms with Gasteiger partial charge in [-0.25, -0.2) is 4.39 Å². The molecule has 0 atom stereocenters. The molecule has 0 aliphatic heterocycles. The number of rotatable bonds is 9. The van der Waals surface area contributed by atoms with Gasteiger partial charge in [-0.15, -0.1) is 0 Å². The second kappa shape index (κ2) is 9.40. The van der Waals surface area contributed by atoms with Crippen LogP contribution in [0.1, 0.15) is 57.4 Å². The molecule has 118 valence electrons. The molecule has 0 radical (unpaired) electrons. The summed E-state index contributed by atoms with van der Waals surface area (Å²) in [4.78, 5) is 0. The molecular formula is C21H27F. The second-order valence-electron chi connectivity index (χ2n) is 6.05. The summed E-state index contributed by atoms with van der Waals surface area (Å²) in [6.45, 7) is 2.24. The van der Waals surface area contributed by atoms with Gasteiger partial charge in [-0.1, -0.05) is 87.9 Å². The van der Waals surface area contributed by atoms with E-state index in [1.807, 2.05) is 36.4 Å². The molecule has 0 heterocycles. The van der Waals surface area contributed by atoms with Gasteiger partial charge in [0.2, 0.25) is 0 Å². The van der Waals surface area contributed by atoms with E-state index in [4.69, 9.17) is 0 Å². The normalized spacial score (nSPS) is 10.8. The van der Waals surface area contributed by atoms with Crippen LogP contribution in [0.15, 0.2) is 48.5 Å². The molecule has 0 saturated carbocycles. The smallest absolute Gasteiger partial charge is 0.131 e. The maximum atomic E-state index is 14.3. The first kappa shape index (κ1) is 16.7. The molecule has 0 aromatic heterocycles. The lowest BCUT2D eigenvalue weighted by Crippen LogP contribution is -1.91. The molecule has 0 aliphatic carbocycles. The van der Waals surface area contributed by atoms with Gasteiger partial charge in [0, 0.05) is 5.56 Å². The van der Waals surface area contributed by atoms with E-state index in [0.717, 1.165) is 24.0 Å². The van der Waals surface area contributed by atoms with Gasteiger partial charge in [-0.3, -0.25) is 0 Å². The number of halogens is 1. The van der Waals surface area contributed by atoms with Crippen LogP contribution >= 0.6 is 0 Å². The third-order valence-electron chi connectivity index (χ3n) is 4.19. The minimum Gasteiger partial charge on any atom is -0.206 e. The van der Waals surface area contributed by atoms with Crippen molar-refractivity contribution in [1.29, 1.82) is 0 Å². The maximum Gasteiger partial charge on any atom is 0.131 e. The largest absolute Gasteiger partial charge is 0.206 e. The standard InChI is InChI=1S/C21H27F/c1-2-3-4-5-6-7-9-12-18-15-16-20(21(22)17-18)19-13-10-8-11-14-19/h8,10-11,13-17H,2-7,9,12H2,1H3. The van der Waals surface area contributed by atoms with E-state index < -0.39 is 0 Å². The summed E-state index contributed by atoms with van der Waals surface area (Å²) in [7, 11) is 0. The van der Waals surface area contributed by atoms with Gasteiger partial charge in [-0.05, 0) is 30.0 Å². The lowest BCUT2D eigenvalue weighted by Gasteiger charge is -2.07. The molecule has 2 aromatic rings. The highest BCUT2D eigenvalue weighted by Crippen LogP contribution is 2.24. The summed E-state index contributed by atoms with van der Waals surface area (Å²) < 4.78 is 14.3. The highest BCUT2D eigenvalue weighted by molar-refractivity contribution is 5.64. The summed E-state index contributed by atoms with van der Waals surface area (Å²) >= 11 is 0. The Hall–Kier alpha value is -1.63. The average molecular weight is 298 g/mol. The van der Waals surface area contributed by atoms with Crippen LogP contribution in [0.4, 0.5) is 4.39 Å². The van der Waals surface area contributed by atoms with Gasteiger partial charge in [0.15, 0.2) is 0 Å². The highest BCUT2D eigenvalue weighted by Gasteiger charge is 2.05. The fourth-order valence-electron chi connectivity index (χ4n) is 2.85. The van der Waals surface area contributed by atoms with Crippen molar-refractivity contribution < 1.29 is 4.39 Å². The number of unbranched alkanes of at least 4 members (excludes halogenated alkanes) is 6. The van der Waals surface area contributed by atoms with Crippen molar-refractivity contribution >= 4 is 0 Å². The first-order chi connectivity index (χ1) is 10.8. The summed E-state index contributed by atoms with van der Waals surface area (Å²) in [6.07, 6.45) is 10.1. The molecule has 2 aromatic carbocycles. The number of hydrogen-bond donors (Lipinski definition) is 0. The Labute approximate surface area is 134 Å². The number of hydrogen-bond acceptors (Lipinski definition) is 0. The Morgan fingerprint density at radius 3 is 2.14 bits per heavy atom. The quantitative estimate of drug-likeness (QED) is 0.447. The Kier molecular flexibility index (Phi) is 7.15. The van der Waals surface area contributed by atoms with Gasteiger partial charge in [0.05, 0.1) is 0 Å². The summed E-state index contributed by atoms with van der Waals surface area (Å²) in [5, 5.41) is 0. The molecule has 0 unspecified atom stereocenters. The van der Waals surface area contributed by atoms with Crippen molar-refractivity contribution in [2.75, 3.05) is 0 Å². The molecule has 0 fully saturated rings. The molecule has 2 rings (SSSR count). The Balaban J connectivity index is 1.80. The molecule has 0 spiro atoms. The average Bonchev–Trinajstić information content (AvgIpc) is 2.55. The van der Waals surface area contributed by atoms with Crippen molar-refractivity contribution in [2.45, 2.75) is 58.3 Å². The molecule has 0 saturated heterocycles. The van der Waals surface area contributed by atoms with E-state index in [1.165, 1.54) is 38.5 Å². The third kappa shape index (κ3) is 5.29. The molecule has 22 heavy (non-hydrogen) atoms. The first-order valence-electron chi connectivity index (χ1n) is 8.65. The first-order valence-corrected chi connectivity index (χ1v) is 8.65. The van der Waals surface area contributed by atoms with Crippen LogP contribution in [-0.2, 0) is 6.42 Å². The number of benzene rings is 2. The fourth-order valence-corrected chi connectivity index (χ4v) is 2.85. The van der Waals surface area contributed by atoms with Crippen LogP contribution in [0.2, 0.25) is 0 Å². The van der Waals surface area contributed by atoms with Crippen molar-refractivity contribution in [3.8, 4) is 11.1 Å². The van der Waals surface area contributed by atoms with Gasteiger partial charge < -0.3 is 0 Å². The molecule has 0 N–H and O–H groups in total. The van der Waals surface area contributed by atoms with E-state index in [-0.39, 0.29) is 5.82 Å². The predicted octanol–water partition coefficient (Wildman–Crippen LogP) is 6.79. The SMILES string of the molecule is CCCCCCCCCc1ccc(-c2ccccc2)c(F)c1. The molecule has 0 nitrogen and oxygen atoms in total. The zero-order valence-corrected chi connectivity index (χ0v) is 13.7. The lowest BCUT2D eigenvalue weighted by molar-refractivity contribution is 0.587. The van der Waals surface area contributed by atoms with Crippen LogP contribution < -0.4 is 0 Å². The van der Waals surface area contributed by atoms with Gasteiger partial charge in [0.1, 0.15) is 5.82 Å². The molecule has 0 bridgehead atoms. The van der Waals surface area contributed by atoms with E-state index in [1.54, 1.807) is 6.07 Å². The van der Waals surface area contributed by atoms with Crippen LogP contribution in [-0.4, -0.2) is 0 Å². The highest BCUT2D eigenvalue weighted by atomic mass is 19.1. The Morgan fingerprint density at radius 1 is 0.773 bits per heavy atom. The zero-order chi connectivity index (χ0) is 15.6. The van der Waals surface area contributed by atoms with Crippen molar-refractivity contribution in [1.82, 2.24) is 0 Å². The minimum absolute atomic E-state index is 0.105. The molecule has 0 aliphatic rings. The summed E-state index contributed by atoms with van der Waals surface area (Å²) in [5.41, 5.74) is 2.76. The van der Waals surface area contributed by atoms with Crippen molar-refractivity contribution in [2.24, 2.45) is 0 Å². The van der Waals surface area contributed by atoms with E-state index >= 15 is 0 Å². The van der Waals surface area contributed by atoms with Crippen LogP contribution in [0.5, 0.6) is 0 Å². The topological polar surface area (TPSA) is 0 Å². The number of aryl methyl sites for hydroxylation is 1. The van der Waals surface area contributed by atoms with Crippen molar-refractivity contribution in [3.05, 3.63) is 59.9 Å². The van der Waals surface area contributed by atoms with Crippen molar-refractivity contribution in [3.63, 3.8) is 0 Å². The van der Waals surface area contributed by atoms with E-state index in [9.17, 15) is 4.39 Å². The van der Waals surface area contributed by atoms with Gasteiger partial charge in [0.25, 0.3) is 0 Å². The second-order valence-corrected chi connectivity index (χ2v) is 6.05. The molecular weight excluding hydrogens is 271 g/mol. The zero-order valence-electron chi connectivity index (χ0n) is 13.7. The molecule has 0 amide bonds. The molecule has 1 heteroatoms. The predicted molar refractivity (Wildman–Crippen MR) is 93.5 cm³/mol. The minimum atomic E-state index is -0.105. The fraction of sp³-hybridized carbons (Fsp3) is 0.429. The maximum absolute atomic E-state index is 14.3. The lowest BCUT2D eigenvalue weighted by atomic mass is 10.00. The van der Waals surface area contributed by atoms with Crippen LogP contribution in [0, 0.1) is 5.82 Å². The van der Waals surface area contributed by atoms with Gasteiger partial charge in [-0.2, -0.15) is 0 Å². The Bertz CT molecular complexity index is 545. The monoisotopic (exact) mass is 298 g/mol. The third-order valence-corrected chi connectivity index (χ3v) is 4.19. The summed E-state index contributed by atoms with van der Waals surface area (Å²) in [5.74, 6) is -0.105. The van der Waals surface area contributed by atoms with Crippen LogP contribution in [0.25, 0.3) is 11.1 Å². The van der Waals surface area contributed by atoms with Gasteiger partial charge >= 0.3 is 0 Å². The van der Waals surface area contributed by atoms with E-state index in [0.29, 0.717) is 5.56 Å². The van der Waals surface area contributed by atoms with Crippen LogP contribution in [0.3, 0.4) is 0 Å². The Morgan fingerprint density at radius 2 is 1.45 bits per heavy atom. The van der Waals surface area contributed by atoms with E-state index in [2.05, 4.69) is 13.0 Å².